The van der Waals surface area contributed by atoms with Crippen molar-refractivity contribution in [3.8, 4) is 11.3 Å². The van der Waals surface area contributed by atoms with Gasteiger partial charge in [-0.05, 0) is 48.1 Å². The highest BCUT2D eigenvalue weighted by atomic mass is 32.1. The van der Waals surface area contributed by atoms with Crippen LogP contribution in [0.15, 0.2) is 40.5 Å². The first kappa shape index (κ1) is 20.8. The number of thiophene rings is 1. The maximum atomic E-state index is 14.9. The highest BCUT2D eigenvalue weighted by molar-refractivity contribution is 7.17. The normalized spacial score (nSPS) is 17.2. The minimum atomic E-state index is -0.631. The lowest BCUT2D eigenvalue weighted by molar-refractivity contribution is -0.165. The second-order valence-corrected chi connectivity index (χ2v) is 10.5. The van der Waals surface area contributed by atoms with E-state index in [1.54, 1.807) is 17.0 Å². The fourth-order valence-electron chi connectivity index (χ4n) is 4.71. The van der Waals surface area contributed by atoms with Gasteiger partial charge in [0, 0.05) is 34.4 Å². The van der Waals surface area contributed by atoms with Crippen LogP contribution in [0.5, 0.6) is 0 Å². The van der Waals surface area contributed by atoms with Crippen LogP contribution >= 0.6 is 22.7 Å². The largest absolute Gasteiger partial charge is 0.380 e. The van der Waals surface area contributed by atoms with Crippen molar-refractivity contribution in [3.63, 3.8) is 0 Å². The molecule has 2 fully saturated rings. The molecule has 1 aliphatic carbocycles. The van der Waals surface area contributed by atoms with E-state index >= 15 is 0 Å². The molecule has 168 valence electrons. The molecule has 1 aliphatic heterocycles. The van der Waals surface area contributed by atoms with Gasteiger partial charge in [-0.3, -0.25) is 4.79 Å². The number of hydrogen-bond acceptors (Lipinski definition) is 6. The Morgan fingerprint density at radius 2 is 2.00 bits per heavy atom. The van der Waals surface area contributed by atoms with E-state index in [1.807, 2.05) is 11.4 Å². The summed E-state index contributed by atoms with van der Waals surface area (Å²) >= 11 is 2.81. The summed E-state index contributed by atoms with van der Waals surface area (Å²) in [5.74, 6) is -1.52. The molecule has 4 aromatic rings. The van der Waals surface area contributed by atoms with Gasteiger partial charge in [0.15, 0.2) is 0 Å². The molecule has 0 bridgehead atoms. The van der Waals surface area contributed by atoms with E-state index in [0.29, 0.717) is 22.3 Å². The molecule has 2 aliphatic rings. The summed E-state index contributed by atoms with van der Waals surface area (Å²) in [6.45, 7) is 1.53. The first-order valence-corrected chi connectivity index (χ1v) is 12.4. The number of aromatic nitrogens is 2. The van der Waals surface area contributed by atoms with Crippen molar-refractivity contribution >= 4 is 38.8 Å². The van der Waals surface area contributed by atoms with Crippen molar-refractivity contribution in [2.75, 3.05) is 13.2 Å². The second kappa shape index (κ2) is 7.93. The van der Waals surface area contributed by atoms with Crippen LogP contribution in [0.25, 0.3) is 21.5 Å². The van der Waals surface area contributed by atoms with Crippen molar-refractivity contribution < 1.29 is 18.3 Å². The number of amides is 1. The summed E-state index contributed by atoms with van der Waals surface area (Å²) < 4.78 is 36.0. The van der Waals surface area contributed by atoms with Crippen molar-refractivity contribution in [2.45, 2.75) is 25.3 Å². The monoisotopic (exact) mass is 483 g/mol. The van der Waals surface area contributed by atoms with E-state index < -0.39 is 11.6 Å². The minimum Gasteiger partial charge on any atom is -0.380 e. The van der Waals surface area contributed by atoms with Crippen LogP contribution in [0.3, 0.4) is 0 Å². The Morgan fingerprint density at radius 3 is 2.67 bits per heavy atom. The molecule has 1 N–H and O–H groups in total. The Labute approximate surface area is 196 Å². The molecular weight excluding hydrogens is 464 g/mol. The van der Waals surface area contributed by atoms with Gasteiger partial charge in [-0.15, -0.1) is 22.7 Å². The number of hydrogen-bond donors (Lipinski definition) is 1. The summed E-state index contributed by atoms with van der Waals surface area (Å²) in [6, 6.07) is 6.21. The van der Waals surface area contributed by atoms with Crippen molar-refractivity contribution in [1.29, 1.82) is 0 Å². The maximum absolute atomic E-state index is 14.9. The molecule has 4 heterocycles. The standard InChI is InChI=1S/C24H19F2N3O2S2/c25-17-4-13(21-9-32-12-27-21)5-18(26)16(17)3-14-6-20(29-19-1-2-33-22(14)19)23(30)28-15-7-24(8-15)10-31-11-24/h1-2,4-6,9,12,15H,3,7-8,10-11H2,(H,28,30). The molecular formula is C24H19F2N3O2S2. The number of halogens is 2. The van der Waals surface area contributed by atoms with Crippen LogP contribution in [-0.2, 0) is 11.2 Å². The first-order chi connectivity index (χ1) is 16.0. The lowest BCUT2D eigenvalue weighted by Crippen LogP contribution is -2.59. The van der Waals surface area contributed by atoms with Crippen molar-refractivity contribution in [2.24, 2.45) is 5.41 Å². The van der Waals surface area contributed by atoms with E-state index in [0.717, 1.165) is 30.8 Å². The first-order valence-electron chi connectivity index (χ1n) is 10.6. The fraction of sp³-hybridized carbons (Fsp3) is 0.292. The summed E-state index contributed by atoms with van der Waals surface area (Å²) in [7, 11) is 0. The van der Waals surface area contributed by atoms with E-state index in [2.05, 4.69) is 15.3 Å². The van der Waals surface area contributed by atoms with Gasteiger partial charge in [0.2, 0.25) is 0 Å². The Morgan fingerprint density at radius 1 is 1.21 bits per heavy atom. The van der Waals surface area contributed by atoms with Gasteiger partial charge in [0.05, 0.1) is 34.6 Å². The molecule has 0 radical (unpaired) electrons. The predicted octanol–water partition coefficient (Wildman–Crippen LogP) is 5.20. The fourth-order valence-corrected chi connectivity index (χ4v) is 6.12. The number of nitrogens with zero attached hydrogens (tertiary/aromatic N) is 2. The molecule has 33 heavy (non-hydrogen) atoms. The molecule has 0 atom stereocenters. The van der Waals surface area contributed by atoms with Gasteiger partial charge in [-0.2, -0.15) is 0 Å². The average Bonchev–Trinajstić information content (AvgIpc) is 3.43. The summed E-state index contributed by atoms with van der Waals surface area (Å²) in [5, 5.41) is 6.66. The zero-order valence-corrected chi connectivity index (χ0v) is 19.1. The Balaban J connectivity index is 1.28. The van der Waals surface area contributed by atoms with E-state index in [1.165, 1.54) is 34.8 Å². The summed E-state index contributed by atoms with van der Waals surface area (Å²) in [5.41, 5.74) is 4.37. The number of benzene rings is 1. The molecule has 9 heteroatoms. The van der Waals surface area contributed by atoms with Gasteiger partial charge < -0.3 is 10.1 Å². The van der Waals surface area contributed by atoms with E-state index in [9.17, 15) is 13.6 Å². The quantitative estimate of drug-likeness (QED) is 0.424. The Kier molecular flexibility index (Phi) is 5.01. The summed E-state index contributed by atoms with van der Waals surface area (Å²) in [4.78, 5) is 21.5. The highest BCUT2D eigenvalue weighted by Gasteiger charge is 2.50. The number of nitrogens with one attached hydrogen (secondary N) is 1. The maximum Gasteiger partial charge on any atom is 0.270 e. The molecule has 1 aromatic carbocycles. The molecule has 3 aromatic heterocycles. The number of carbonyl (C=O) groups excluding carboxylic acids is 1. The van der Waals surface area contributed by atoms with Crippen LogP contribution in [0.2, 0.25) is 0 Å². The van der Waals surface area contributed by atoms with Crippen LogP contribution in [0.4, 0.5) is 8.78 Å². The van der Waals surface area contributed by atoms with Crippen LogP contribution < -0.4 is 5.32 Å². The van der Waals surface area contributed by atoms with E-state index in [4.69, 9.17) is 4.74 Å². The van der Waals surface area contributed by atoms with Crippen molar-refractivity contribution in [3.05, 3.63) is 69.0 Å². The van der Waals surface area contributed by atoms with Crippen LogP contribution in [0.1, 0.15) is 34.5 Å². The third-order valence-electron chi connectivity index (χ3n) is 6.47. The molecule has 1 amide bonds. The third-order valence-corrected chi connectivity index (χ3v) is 8.03. The minimum absolute atomic E-state index is 0.0265. The van der Waals surface area contributed by atoms with Gasteiger partial charge in [-0.1, -0.05) is 0 Å². The molecule has 1 saturated heterocycles. The number of pyridine rings is 1. The van der Waals surface area contributed by atoms with E-state index in [-0.39, 0.29) is 35.0 Å². The topological polar surface area (TPSA) is 64.1 Å². The van der Waals surface area contributed by atoms with Gasteiger partial charge in [0.25, 0.3) is 5.91 Å². The number of ether oxygens (including phenoxy) is 1. The van der Waals surface area contributed by atoms with Crippen LogP contribution in [-0.4, -0.2) is 35.1 Å². The predicted molar refractivity (Wildman–Crippen MR) is 124 cm³/mol. The van der Waals surface area contributed by atoms with Crippen LogP contribution in [0, 0.1) is 17.0 Å². The number of rotatable bonds is 5. The lowest BCUT2D eigenvalue weighted by Gasteiger charge is -2.53. The molecule has 0 unspecified atom stereocenters. The van der Waals surface area contributed by atoms with Gasteiger partial charge in [-0.25, -0.2) is 18.7 Å². The average molecular weight is 484 g/mol. The number of carbonyl (C=O) groups is 1. The van der Waals surface area contributed by atoms with Gasteiger partial charge >= 0.3 is 0 Å². The highest BCUT2D eigenvalue weighted by Crippen LogP contribution is 2.46. The Bertz CT molecular complexity index is 1330. The number of thiazole rings is 1. The molecule has 6 rings (SSSR count). The smallest absolute Gasteiger partial charge is 0.270 e. The molecule has 1 spiro atoms. The Hall–Kier alpha value is -2.75. The SMILES string of the molecule is O=C(NC1CC2(COC2)C1)c1cc(Cc2c(F)cc(-c3cscn3)cc2F)c2sccc2n1. The second-order valence-electron chi connectivity index (χ2n) is 8.84. The lowest BCUT2D eigenvalue weighted by atomic mass is 9.64. The molecule has 1 saturated carbocycles. The number of fused-ring (bicyclic) bond motifs is 1. The van der Waals surface area contributed by atoms with Crippen molar-refractivity contribution in [1.82, 2.24) is 15.3 Å². The molecule has 5 nitrogen and oxygen atoms in total. The summed E-state index contributed by atoms with van der Waals surface area (Å²) in [6.07, 6.45) is 1.85. The zero-order valence-electron chi connectivity index (χ0n) is 17.4. The third kappa shape index (κ3) is 3.74. The van der Waals surface area contributed by atoms with Gasteiger partial charge in [0.1, 0.15) is 17.3 Å². The zero-order chi connectivity index (χ0) is 22.6.